The fourth-order valence-electron chi connectivity index (χ4n) is 3.04. The van der Waals surface area contributed by atoms with E-state index in [1.807, 2.05) is 45.0 Å². The van der Waals surface area contributed by atoms with Gasteiger partial charge in [0.05, 0.1) is 27.8 Å². The van der Waals surface area contributed by atoms with Crippen molar-refractivity contribution in [3.63, 3.8) is 0 Å². The second-order valence-electron chi connectivity index (χ2n) is 6.20. The van der Waals surface area contributed by atoms with Gasteiger partial charge in [0, 0.05) is 24.9 Å². The number of H-pyrrole nitrogens is 1. The molecular formula is C18H22N4O2S. The molecule has 2 heterocycles. The molecule has 3 rings (SSSR count). The first-order chi connectivity index (χ1) is 11.9. The van der Waals surface area contributed by atoms with Gasteiger partial charge in [-0.25, -0.2) is 9.78 Å². The van der Waals surface area contributed by atoms with Gasteiger partial charge < -0.3 is 9.88 Å². The number of para-hydroxylation sites is 2. The second kappa shape index (κ2) is 6.84. The number of thiazole rings is 1. The Bertz CT molecular complexity index is 969. The van der Waals surface area contributed by atoms with Crippen LogP contribution >= 0.6 is 11.3 Å². The molecule has 1 amide bonds. The number of carbonyl (C=O) groups excluding carboxylic acids is 1. The first-order valence-corrected chi connectivity index (χ1v) is 9.07. The minimum absolute atomic E-state index is 0.00488. The van der Waals surface area contributed by atoms with Gasteiger partial charge in [0.25, 0.3) is 0 Å². The van der Waals surface area contributed by atoms with Crippen molar-refractivity contribution in [3.05, 3.63) is 50.3 Å². The van der Waals surface area contributed by atoms with Gasteiger partial charge >= 0.3 is 5.69 Å². The number of fused-ring (bicyclic) bond motifs is 1. The standard InChI is InChI=1S/C18H22N4O2S/c1-11(17-12(2)25-13(3)19-17)21(4)16(23)9-10-22-15-8-6-5-7-14(15)20-18(22)24/h5-8,11H,9-10H2,1-4H3,(H,20,24)/t11-/m1/s1. The molecule has 0 radical (unpaired) electrons. The monoisotopic (exact) mass is 358 g/mol. The molecule has 0 saturated carbocycles. The average molecular weight is 358 g/mol. The van der Waals surface area contributed by atoms with Crippen LogP contribution in [0.25, 0.3) is 11.0 Å². The van der Waals surface area contributed by atoms with E-state index in [9.17, 15) is 9.59 Å². The molecule has 132 valence electrons. The van der Waals surface area contributed by atoms with Gasteiger partial charge in [-0.2, -0.15) is 0 Å². The summed E-state index contributed by atoms with van der Waals surface area (Å²) >= 11 is 1.64. The smallest absolute Gasteiger partial charge is 0.326 e. The van der Waals surface area contributed by atoms with Crippen LogP contribution in [0.2, 0.25) is 0 Å². The Hall–Kier alpha value is -2.41. The Morgan fingerprint density at radius 3 is 2.76 bits per heavy atom. The van der Waals surface area contributed by atoms with Gasteiger partial charge in [-0.3, -0.25) is 9.36 Å². The first-order valence-electron chi connectivity index (χ1n) is 8.25. The summed E-state index contributed by atoms with van der Waals surface area (Å²) in [7, 11) is 1.79. The van der Waals surface area contributed by atoms with Crippen molar-refractivity contribution < 1.29 is 4.79 Å². The number of amides is 1. The van der Waals surface area contributed by atoms with E-state index in [1.54, 1.807) is 27.9 Å². The van der Waals surface area contributed by atoms with E-state index in [0.29, 0.717) is 6.54 Å². The van der Waals surface area contributed by atoms with Crippen molar-refractivity contribution in [1.29, 1.82) is 0 Å². The van der Waals surface area contributed by atoms with Crippen molar-refractivity contribution >= 4 is 28.3 Å². The highest BCUT2D eigenvalue weighted by molar-refractivity contribution is 7.11. The average Bonchev–Trinajstić information content (AvgIpc) is 3.09. The van der Waals surface area contributed by atoms with Crippen molar-refractivity contribution in [3.8, 4) is 0 Å². The SMILES string of the molecule is Cc1nc([C@@H](C)N(C)C(=O)CCn2c(=O)[nH]c3ccccc32)c(C)s1. The Morgan fingerprint density at radius 2 is 2.08 bits per heavy atom. The summed E-state index contributed by atoms with van der Waals surface area (Å²) in [6, 6.07) is 7.41. The van der Waals surface area contributed by atoms with Crippen molar-refractivity contribution in [2.45, 2.75) is 39.8 Å². The molecule has 0 aliphatic carbocycles. The van der Waals surface area contributed by atoms with Crippen LogP contribution in [0.3, 0.4) is 0 Å². The minimum Gasteiger partial charge on any atom is -0.337 e. The molecule has 2 aromatic heterocycles. The van der Waals surface area contributed by atoms with Crippen LogP contribution in [-0.2, 0) is 11.3 Å². The fourth-order valence-corrected chi connectivity index (χ4v) is 3.95. The number of benzene rings is 1. The molecule has 1 N–H and O–H groups in total. The van der Waals surface area contributed by atoms with Gasteiger partial charge in [-0.05, 0) is 32.9 Å². The number of hydrogen-bond donors (Lipinski definition) is 1. The van der Waals surface area contributed by atoms with E-state index in [2.05, 4.69) is 9.97 Å². The summed E-state index contributed by atoms with van der Waals surface area (Å²) < 4.78 is 1.62. The first kappa shape index (κ1) is 17.4. The van der Waals surface area contributed by atoms with Gasteiger partial charge in [-0.1, -0.05) is 12.1 Å². The summed E-state index contributed by atoms with van der Waals surface area (Å²) in [5.74, 6) is -0.00488. The van der Waals surface area contributed by atoms with Crippen LogP contribution in [0, 0.1) is 13.8 Å². The van der Waals surface area contributed by atoms with Crippen molar-refractivity contribution in [2.24, 2.45) is 0 Å². The maximum Gasteiger partial charge on any atom is 0.326 e. The number of hydrogen-bond acceptors (Lipinski definition) is 4. The summed E-state index contributed by atoms with van der Waals surface area (Å²) in [6.07, 6.45) is 0.269. The number of aromatic nitrogens is 3. The Balaban J connectivity index is 1.72. The molecule has 0 saturated heterocycles. The van der Waals surface area contributed by atoms with Crippen molar-refractivity contribution in [2.75, 3.05) is 7.05 Å². The minimum atomic E-state index is -0.185. The fraction of sp³-hybridized carbons (Fsp3) is 0.389. The third kappa shape index (κ3) is 3.37. The molecule has 0 unspecified atom stereocenters. The third-order valence-electron chi connectivity index (χ3n) is 4.54. The lowest BCUT2D eigenvalue weighted by Crippen LogP contribution is -2.31. The zero-order valence-electron chi connectivity index (χ0n) is 14.9. The largest absolute Gasteiger partial charge is 0.337 e. The molecule has 7 heteroatoms. The van der Waals surface area contributed by atoms with E-state index in [0.717, 1.165) is 26.6 Å². The molecule has 6 nitrogen and oxygen atoms in total. The second-order valence-corrected chi connectivity index (χ2v) is 7.61. The van der Waals surface area contributed by atoms with E-state index in [4.69, 9.17) is 0 Å². The number of nitrogens with zero attached hydrogens (tertiary/aromatic N) is 3. The molecule has 1 atom stereocenters. The molecule has 0 spiro atoms. The highest BCUT2D eigenvalue weighted by Gasteiger charge is 2.21. The van der Waals surface area contributed by atoms with E-state index >= 15 is 0 Å². The maximum atomic E-state index is 12.6. The predicted molar refractivity (Wildman–Crippen MR) is 99.9 cm³/mol. The number of aryl methyl sites for hydroxylation is 3. The predicted octanol–water partition coefficient (Wildman–Crippen LogP) is 3.01. The lowest BCUT2D eigenvalue weighted by Gasteiger charge is -2.24. The Kier molecular flexibility index (Phi) is 4.76. The molecule has 1 aromatic carbocycles. The van der Waals surface area contributed by atoms with Crippen LogP contribution in [0.15, 0.2) is 29.1 Å². The summed E-state index contributed by atoms with van der Waals surface area (Å²) in [4.78, 5) is 34.9. The zero-order chi connectivity index (χ0) is 18.1. The molecular weight excluding hydrogens is 336 g/mol. The van der Waals surface area contributed by atoms with Crippen LogP contribution in [-0.4, -0.2) is 32.4 Å². The van der Waals surface area contributed by atoms with Crippen molar-refractivity contribution in [1.82, 2.24) is 19.4 Å². The lowest BCUT2D eigenvalue weighted by atomic mass is 10.2. The summed E-state index contributed by atoms with van der Waals surface area (Å²) in [5.41, 5.74) is 2.37. The molecule has 0 bridgehead atoms. The van der Waals surface area contributed by atoms with Crippen LogP contribution in [0.4, 0.5) is 0 Å². The molecule has 25 heavy (non-hydrogen) atoms. The summed E-state index contributed by atoms with van der Waals surface area (Å²) in [6.45, 7) is 6.34. The van der Waals surface area contributed by atoms with Crippen LogP contribution < -0.4 is 5.69 Å². The van der Waals surface area contributed by atoms with Gasteiger partial charge in [0.1, 0.15) is 0 Å². The normalized spacial score (nSPS) is 12.5. The molecule has 0 aliphatic rings. The van der Waals surface area contributed by atoms with E-state index in [-0.39, 0.29) is 24.1 Å². The van der Waals surface area contributed by atoms with Gasteiger partial charge in [0.15, 0.2) is 0 Å². The highest BCUT2D eigenvalue weighted by Crippen LogP contribution is 2.26. The summed E-state index contributed by atoms with van der Waals surface area (Å²) in [5, 5.41) is 1.01. The van der Waals surface area contributed by atoms with Gasteiger partial charge in [0.2, 0.25) is 5.91 Å². The lowest BCUT2D eigenvalue weighted by molar-refractivity contribution is -0.132. The molecule has 0 aliphatic heterocycles. The Labute approximate surface area is 150 Å². The van der Waals surface area contributed by atoms with E-state index < -0.39 is 0 Å². The number of carbonyl (C=O) groups is 1. The van der Waals surface area contributed by atoms with E-state index in [1.165, 1.54) is 0 Å². The number of rotatable bonds is 5. The van der Waals surface area contributed by atoms with Crippen LogP contribution in [0.1, 0.15) is 35.0 Å². The number of nitrogens with one attached hydrogen (secondary N) is 1. The Morgan fingerprint density at radius 1 is 1.36 bits per heavy atom. The topological polar surface area (TPSA) is 71.0 Å². The highest BCUT2D eigenvalue weighted by atomic mass is 32.1. The molecule has 0 fully saturated rings. The number of imidazole rings is 1. The molecule has 3 aromatic rings. The quantitative estimate of drug-likeness (QED) is 0.762. The number of aromatic amines is 1. The van der Waals surface area contributed by atoms with Gasteiger partial charge in [-0.15, -0.1) is 11.3 Å². The zero-order valence-corrected chi connectivity index (χ0v) is 15.7. The maximum absolute atomic E-state index is 12.6. The van der Waals surface area contributed by atoms with Crippen LogP contribution in [0.5, 0.6) is 0 Å². The third-order valence-corrected chi connectivity index (χ3v) is 5.44.